The number of benzene rings is 1. The molecule has 270 valence electrons. The number of hydrogen-bond acceptors (Lipinski definition) is 11. The standard InChI is InChI=1S/C35H46O14/c1-7-19(2)17-20(3)13-14-25(37)47-28-27(38)33(48-29(30(39)40)34(45,31(41)42)35(28,49-33)32(43)44)16-15-21(4)26(46-23(6)36)22(5)18-24-11-9-8-10-12-24/h8-14,19-20,22,26-29,38,45H,4,7,15-18H2,1-3,5-6H3,(H,39,40)(H,41,42)(H,43,44)/b14-13-/t19?,20?,22?,26?,27-,28-,29-,33+,34-,35+/m1/s1. The first-order valence-electron chi connectivity index (χ1n) is 16.1. The Morgan fingerprint density at radius 2 is 1.67 bits per heavy atom. The van der Waals surface area contributed by atoms with Gasteiger partial charge in [0.15, 0.2) is 6.10 Å². The molecule has 0 aromatic heterocycles. The summed E-state index contributed by atoms with van der Waals surface area (Å²) >= 11 is 0. The van der Waals surface area contributed by atoms with Gasteiger partial charge in [0.25, 0.3) is 0 Å². The highest BCUT2D eigenvalue weighted by atomic mass is 16.8. The summed E-state index contributed by atoms with van der Waals surface area (Å²) in [6, 6.07) is 9.29. The number of carbonyl (C=O) groups excluding carboxylic acids is 2. The van der Waals surface area contributed by atoms with Gasteiger partial charge >= 0.3 is 29.8 Å². The van der Waals surface area contributed by atoms with Crippen LogP contribution < -0.4 is 0 Å². The average Bonchev–Trinajstić information content (AvgIpc) is 3.25. The first kappa shape index (κ1) is 39.3. The number of aliphatic hydroxyl groups excluding tert-OH is 1. The molecule has 0 saturated carbocycles. The van der Waals surface area contributed by atoms with Gasteiger partial charge in [-0.25, -0.2) is 19.2 Å². The fourth-order valence-electron chi connectivity index (χ4n) is 6.58. The number of hydrogen-bond donors (Lipinski definition) is 5. The second-order valence-electron chi connectivity index (χ2n) is 13.1. The molecule has 2 aliphatic rings. The highest BCUT2D eigenvalue weighted by Crippen LogP contribution is 2.56. The molecule has 2 fully saturated rings. The Kier molecular flexibility index (Phi) is 12.5. The van der Waals surface area contributed by atoms with E-state index in [4.69, 9.17) is 18.9 Å². The zero-order valence-electron chi connectivity index (χ0n) is 28.2. The maximum absolute atomic E-state index is 13.0. The number of fused-ring (bicyclic) bond motifs is 2. The fourth-order valence-corrected chi connectivity index (χ4v) is 6.58. The highest BCUT2D eigenvalue weighted by molar-refractivity contribution is 5.98. The van der Waals surface area contributed by atoms with Crippen molar-refractivity contribution in [3.8, 4) is 0 Å². The molecule has 14 nitrogen and oxygen atoms in total. The fraction of sp³-hybridized carbons (Fsp3) is 0.571. The van der Waals surface area contributed by atoms with Crippen LogP contribution in [0.4, 0.5) is 0 Å². The van der Waals surface area contributed by atoms with Crippen LogP contribution in [0, 0.1) is 17.8 Å². The lowest BCUT2D eigenvalue weighted by Crippen LogP contribution is -2.78. The molecule has 49 heavy (non-hydrogen) atoms. The van der Waals surface area contributed by atoms with E-state index >= 15 is 0 Å². The van der Waals surface area contributed by atoms with Crippen molar-refractivity contribution in [2.45, 2.75) is 108 Å². The van der Waals surface area contributed by atoms with Crippen molar-refractivity contribution in [3.63, 3.8) is 0 Å². The minimum Gasteiger partial charge on any atom is -0.479 e. The number of carbonyl (C=O) groups is 5. The number of rotatable bonds is 17. The summed E-state index contributed by atoms with van der Waals surface area (Å²) in [6.45, 7) is 12.9. The van der Waals surface area contributed by atoms with Gasteiger partial charge in [-0.05, 0) is 42.2 Å². The lowest BCUT2D eigenvalue weighted by molar-refractivity contribution is -0.374. The van der Waals surface area contributed by atoms with Crippen LogP contribution in [0.2, 0.25) is 0 Å². The van der Waals surface area contributed by atoms with Gasteiger partial charge in [0.05, 0.1) is 0 Å². The van der Waals surface area contributed by atoms with Gasteiger partial charge in [-0.3, -0.25) is 4.79 Å². The number of carboxylic acids is 3. The molecule has 2 heterocycles. The molecule has 5 N–H and O–H groups in total. The zero-order valence-corrected chi connectivity index (χ0v) is 28.2. The van der Waals surface area contributed by atoms with E-state index in [0.29, 0.717) is 18.8 Å². The normalized spacial score (nSPS) is 30.1. The van der Waals surface area contributed by atoms with Crippen molar-refractivity contribution in [1.82, 2.24) is 0 Å². The first-order valence-corrected chi connectivity index (χ1v) is 16.1. The van der Waals surface area contributed by atoms with Gasteiger partial charge in [0.1, 0.15) is 12.2 Å². The molecule has 2 saturated heterocycles. The summed E-state index contributed by atoms with van der Waals surface area (Å²) in [5, 5.41) is 53.5. The number of aliphatic carboxylic acids is 3. The molecule has 2 aliphatic heterocycles. The van der Waals surface area contributed by atoms with Gasteiger partial charge in [-0.2, -0.15) is 0 Å². The zero-order chi connectivity index (χ0) is 36.9. The lowest BCUT2D eigenvalue weighted by atomic mass is 9.74. The summed E-state index contributed by atoms with van der Waals surface area (Å²) in [5.74, 6) is -11.3. The topological polar surface area (TPSA) is 223 Å². The van der Waals surface area contributed by atoms with Crippen molar-refractivity contribution in [3.05, 3.63) is 60.2 Å². The predicted octanol–water partition coefficient (Wildman–Crippen LogP) is 2.88. The number of esters is 2. The van der Waals surface area contributed by atoms with E-state index in [9.17, 15) is 49.5 Å². The SMILES string of the molecule is C=C(CC[C@]12O[C@H](C(=O)O)[C@@](O)(C(=O)O)[C@](C(=O)O)(O1)[C@H](OC(=O)/C=C\C(C)CC(C)CC)[C@H]2O)C(OC(C)=O)C(C)Cc1ccccc1. The quantitative estimate of drug-likeness (QED) is 0.0901. The minimum absolute atomic E-state index is 0.123. The molecule has 1 aromatic rings. The van der Waals surface area contributed by atoms with Crippen LogP contribution in [0.3, 0.4) is 0 Å². The molecule has 4 unspecified atom stereocenters. The number of carboxylic acid groups (broad SMARTS) is 3. The van der Waals surface area contributed by atoms with Gasteiger partial charge in [-0.1, -0.05) is 77.1 Å². The van der Waals surface area contributed by atoms with Crippen LogP contribution in [0.15, 0.2) is 54.6 Å². The van der Waals surface area contributed by atoms with E-state index < -0.39 is 77.7 Å². The number of allylic oxidation sites excluding steroid dienone is 1. The summed E-state index contributed by atoms with van der Waals surface area (Å²) in [4.78, 5) is 63.0. The molecule has 3 rings (SSSR count). The van der Waals surface area contributed by atoms with Gasteiger partial charge < -0.3 is 44.5 Å². The van der Waals surface area contributed by atoms with Gasteiger partial charge in [0.2, 0.25) is 23.1 Å². The molecular weight excluding hydrogens is 644 g/mol. The third-order valence-corrected chi connectivity index (χ3v) is 9.29. The predicted molar refractivity (Wildman–Crippen MR) is 171 cm³/mol. The van der Waals surface area contributed by atoms with Crippen LogP contribution in [-0.4, -0.2) is 96.8 Å². The van der Waals surface area contributed by atoms with Crippen LogP contribution >= 0.6 is 0 Å². The van der Waals surface area contributed by atoms with E-state index in [-0.39, 0.29) is 23.8 Å². The lowest BCUT2D eigenvalue weighted by Gasteiger charge is -2.48. The third-order valence-electron chi connectivity index (χ3n) is 9.29. The van der Waals surface area contributed by atoms with Gasteiger partial charge in [0, 0.05) is 25.3 Å². The van der Waals surface area contributed by atoms with E-state index in [1.54, 1.807) is 6.92 Å². The molecule has 0 spiro atoms. The molecule has 14 heteroatoms. The van der Waals surface area contributed by atoms with Crippen LogP contribution in [0.1, 0.15) is 65.9 Å². The first-order chi connectivity index (χ1) is 22.9. The van der Waals surface area contributed by atoms with E-state index in [1.165, 1.54) is 13.0 Å². The summed E-state index contributed by atoms with van der Waals surface area (Å²) in [7, 11) is 0. The summed E-state index contributed by atoms with van der Waals surface area (Å²) in [5.41, 5.74) is -6.27. The second-order valence-corrected chi connectivity index (χ2v) is 13.1. The molecule has 0 radical (unpaired) electrons. The van der Waals surface area contributed by atoms with Crippen LogP contribution in [0.25, 0.3) is 0 Å². The number of ether oxygens (including phenoxy) is 4. The van der Waals surface area contributed by atoms with Crippen molar-refractivity contribution < 1.29 is 68.5 Å². The summed E-state index contributed by atoms with van der Waals surface area (Å²) < 4.78 is 22.0. The van der Waals surface area contributed by atoms with Crippen molar-refractivity contribution in [1.29, 1.82) is 0 Å². The Balaban J connectivity index is 2.02. The molecule has 10 atom stereocenters. The minimum atomic E-state index is -3.90. The molecule has 1 aromatic carbocycles. The molecule has 2 bridgehead atoms. The van der Waals surface area contributed by atoms with Crippen molar-refractivity contribution in [2.75, 3.05) is 0 Å². The number of aliphatic hydroxyl groups is 2. The maximum atomic E-state index is 13.0. The molecule has 0 amide bonds. The third kappa shape index (κ3) is 7.88. The van der Waals surface area contributed by atoms with Crippen molar-refractivity contribution in [2.24, 2.45) is 17.8 Å². The Bertz CT molecular complexity index is 1440. The van der Waals surface area contributed by atoms with Crippen molar-refractivity contribution >= 4 is 29.8 Å². The smallest absolute Gasteiger partial charge is 0.344 e. The van der Waals surface area contributed by atoms with E-state index in [1.807, 2.05) is 51.1 Å². The van der Waals surface area contributed by atoms with E-state index in [0.717, 1.165) is 18.1 Å². The Morgan fingerprint density at radius 3 is 2.20 bits per heavy atom. The largest absolute Gasteiger partial charge is 0.479 e. The Hall–Kier alpha value is -4.11. The maximum Gasteiger partial charge on any atom is 0.344 e. The molecule has 0 aliphatic carbocycles. The van der Waals surface area contributed by atoms with Crippen LogP contribution in [0.5, 0.6) is 0 Å². The average molecular weight is 691 g/mol. The monoisotopic (exact) mass is 690 g/mol. The summed E-state index contributed by atoms with van der Waals surface area (Å²) in [6.07, 6.45) is -4.83. The van der Waals surface area contributed by atoms with Crippen LogP contribution in [-0.2, 0) is 49.3 Å². The molecular formula is C35H46O14. The van der Waals surface area contributed by atoms with Gasteiger partial charge in [-0.15, -0.1) is 0 Å². The Labute approximate surface area is 284 Å². The highest BCUT2D eigenvalue weighted by Gasteiger charge is 2.85. The Morgan fingerprint density at radius 1 is 1.04 bits per heavy atom. The van der Waals surface area contributed by atoms with E-state index in [2.05, 4.69) is 6.58 Å². The second kappa shape index (κ2) is 15.6.